The summed E-state index contributed by atoms with van der Waals surface area (Å²) >= 11 is 6.70. The van der Waals surface area contributed by atoms with Crippen molar-refractivity contribution in [3.05, 3.63) is 72.8 Å². The van der Waals surface area contributed by atoms with Crippen LogP contribution in [0.1, 0.15) is 13.8 Å². The summed E-state index contributed by atoms with van der Waals surface area (Å²) in [6, 6.07) is 20.8. The zero-order valence-electron chi connectivity index (χ0n) is 18.0. The predicted octanol–water partition coefficient (Wildman–Crippen LogP) is 5.24. The first-order chi connectivity index (χ1) is 15.8. The van der Waals surface area contributed by atoms with Gasteiger partial charge in [0.05, 0.1) is 10.4 Å². The number of hydrazine groups is 1. The van der Waals surface area contributed by atoms with E-state index in [1.807, 2.05) is 56.3 Å². The van der Waals surface area contributed by atoms with Gasteiger partial charge in [-0.25, -0.2) is 20.0 Å². The van der Waals surface area contributed by atoms with Crippen LogP contribution in [0.3, 0.4) is 0 Å². The second-order valence-electron chi connectivity index (χ2n) is 7.95. The molecule has 4 rings (SSSR count). The molecule has 1 aliphatic rings. The minimum Gasteiger partial charge on any atom is -0.307 e. The lowest BCUT2D eigenvalue weighted by Crippen LogP contribution is -2.60. The monoisotopic (exact) mass is 481 g/mol. The molecule has 0 aliphatic carbocycles. The van der Waals surface area contributed by atoms with E-state index < -0.39 is 23.0 Å². The number of carbonyl (C=O) groups is 2. The maximum Gasteiger partial charge on any atom is 0.347 e. The third-order valence-corrected chi connectivity index (χ3v) is 6.69. The molecule has 0 bridgehead atoms. The van der Waals surface area contributed by atoms with E-state index in [0.717, 1.165) is 10.8 Å². The maximum absolute atomic E-state index is 13.0. The van der Waals surface area contributed by atoms with E-state index in [1.54, 1.807) is 30.3 Å². The summed E-state index contributed by atoms with van der Waals surface area (Å²) in [5.74, 6) is 0. The van der Waals surface area contributed by atoms with Crippen molar-refractivity contribution in [3.8, 4) is 0 Å². The molecule has 4 amide bonds. The van der Waals surface area contributed by atoms with Gasteiger partial charge in [-0.3, -0.25) is 5.21 Å². The number of carbonyl (C=O) groups excluding carboxylic acids is 2. The lowest BCUT2D eigenvalue weighted by molar-refractivity contribution is -0.120. The molecule has 0 radical (unpaired) electrons. The van der Waals surface area contributed by atoms with Crippen LogP contribution in [0.4, 0.5) is 21.0 Å². The summed E-state index contributed by atoms with van der Waals surface area (Å²) in [7, 11) is 0. The highest BCUT2D eigenvalue weighted by molar-refractivity contribution is 8.24. The molecule has 10 heteroatoms. The Morgan fingerprint density at radius 1 is 1.00 bits per heavy atom. The van der Waals surface area contributed by atoms with Gasteiger partial charge in [0.15, 0.2) is 10.5 Å². The Kier molecular flexibility index (Phi) is 6.41. The van der Waals surface area contributed by atoms with Crippen molar-refractivity contribution in [2.45, 2.75) is 24.8 Å². The van der Waals surface area contributed by atoms with Crippen molar-refractivity contribution in [2.75, 3.05) is 10.6 Å². The zero-order valence-corrected chi connectivity index (χ0v) is 19.6. The molecule has 3 aromatic rings. The maximum atomic E-state index is 13.0. The van der Waals surface area contributed by atoms with E-state index in [9.17, 15) is 14.8 Å². The fourth-order valence-corrected chi connectivity index (χ4v) is 5.45. The summed E-state index contributed by atoms with van der Waals surface area (Å²) in [6.45, 7) is 3.67. The van der Waals surface area contributed by atoms with Crippen molar-refractivity contribution in [1.82, 2.24) is 15.5 Å². The smallest absolute Gasteiger partial charge is 0.307 e. The molecule has 1 fully saturated rings. The topological polar surface area (TPSA) is 96.9 Å². The van der Waals surface area contributed by atoms with Gasteiger partial charge >= 0.3 is 12.1 Å². The van der Waals surface area contributed by atoms with Crippen LogP contribution in [0.5, 0.6) is 0 Å². The number of amides is 4. The summed E-state index contributed by atoms with van der Waals surface area (Å²) in [5, 5.41) is 20.1. The minimum absolute atomic E-state index is 0.324. The average Bonchev–Trinajstić information content (AvgIpc) is 3.01. The fourth-order valence-electron chi connectivity index (χ4n) is 3.66. The molecule has 170 valence electrons. The molecule has 1 atom stereocenters. The standard InChI is InChI=1S/C23H23N5O3S2/c1-23(2)19(27(22(32)33-23)26-20(29)24-16-11-4-3-5-12-16)28(31)21(30)25-18-14-8-10-15-9-6-7-13-17(15)18/h3-14,19,31H,1-2H3,(H,25,30)(H2,24,26,29)/t19-/m1/s1. The van der Waals surface area contributed by atoms with Gasteiger partial charge in [-0.1, -0.05) is 78.6 Å². The third kappa shape index (κ3) is 4.87. The highest BCUT2D eigenvalue weighted by atomic mass is 32.2. The number of fused-ring (bicyclic) bond motifs is 1. The predicted molar refractivity (Wildman–Crippen MR) is 135 cm³/mol. The number of benzene rings is 3. The van der Waals surface area contributed by atoms with Gasteiger partial charge in [0.25, 0.3) is 0 Å². The molecule has 3 aromatic carbocycles. The quantitative estimate of drug-likeness (QED) is 0.231. The molecule has 1 aliphatic heterocycles. The number of hydroxylamine groups is 2. The van der Waals surface area contributed by atoms with Gasteiger partial charge in [0.1, 0.15) is 0 Å². The first-order valence-electron chi connectivity index (χ1n) is 10.2. The number of para-hydroxylation sites is 1. The van der Waals surface area contributed by atoms with Crippen molar-refractivity contribution in [3.63, 3.8) is 0 Å². The van der Waals surface area contributed by atoms with Crippen LogP contribution in [0, 0.1) is 0 Å². The Bertz CT molecular complexity index is 1200. The fraction of sp³-hybridized carbons (Fsp3) is 0.174. The summed E-state index contributed by atoms with van der Waals surface area (Å²) < 4.78 is -0.382. The van der Waals surface area contributed by atoms with Crippen LogP contribution in [0.25, 0.3) is 10.8 Å². The molecule has 4 N–H and O–H groups in total. The normalized spacial score (nSPS) is 17.0. The van der Waals surface area contributed by atoms with E-state index in [2.05, 4.69) is 16.1 Å². The number of hydrogen-bond donors (Lipinski definition) is 4. The molecule has 33 heavy (non-hydrogen) atoms. The number of nitrogens with zero attached hydrogens (tertiary/aromatic N) is 2. The highest BCUT2D eigenvalue weighted by Crippen LogP contribution is 2.41. The van der Waals surface area contributed by atoms with Gasteiger partial charge in [0.2, 0.25) is 0 Å². The van der Waals surface area contributed by atoms with E-state index in [1.165, 1.54) is 16.8 Å². The molecule has 0 unspecified atom stereocenters. The lowest BCUT2D eigenvalue weighted by Gasteiger charge is -2.36. The van der Waals surface area contributed by atoms with Crippen LogP contribution in [0.2, 0.25) is 0 Å². The molecule has 1 saturated heterocycles. The van der Waals surface area contributed by atoms with Gasteiger partial charge in [-0.2, -0.15) is 5.06 Å². The number of nitrogens with one attached hydrogen (secondary N) is 3. The summed E-state index contributed by atoms with van der Waals surface area (Å²) in [5.41, 5.74) is 3.81. The molecule has 8 nitrogen and oxygen atoms in total. The first-order valence-corrected chi connectivity index (χ1v) is 11.4. The van der Waals surface area contributed by atoms with Gasteiger partial charge in [0, 0.05) is 11.1 Å². The second kappa shape index (κ2) is 9.26. The third-order valence-electron chi connectivity index (χ3n) is 5.14. The molecule has 0 spiro atoms. The van der Waals surface area contributed by atoms with E-state index in [-0.39, 0.29) is 0 Å². The molecular weight excluding hydrogens is 458 g/mol. The van der Waals surface area contributed by atoms with E-state index in [0.29, 0.717) is 20.8 Å². The van der Waals surface area contributed by atoms with E-state index >= 15 is 0 Å². The lowest BCUT2D eigenvalue weighted by atomic mass is 10.1. The van der Waals surface area contributed by atoms with Crippen molar-refractivity contribution in [2.24, 2.45) is 0 Å². The Hall–Kier alpha value is -3.34. The second-order valence-corrected chi connectivity index (χ2v) is 10.2. The Labute approximate surface area is 200 Å². The van der Waals surface area contributed by atoms with Crippen LogP contribution in [-0.2, 0) is 0 Å². The first kappa shape index (κ1) is 22.8. The Morgan fingerprint density at radius 3 is 2.42 bits per heavy atom. The number of hydrogen-bond acceptors (Lipinski definition) is 5. The van der Waals surface area contributed by atoms with Crippen LogP contribution < -0.4 is 16.1 Å². The van der Waals surface area contributed by atoms with Gasteiger partial charge in [-0.15, -0.1) is 0 Å². The molecule has 0 saturated carbocycles. The molecule has 0 aromatic heterocycles. The average molecular weight is 482 g/mol. The number of rotatable bonds is 4. The molecule has 1 heterocycles. The van der Waals surface area contributed by atoms with Crippen molar-refractivity contribution >= 4 is 62.5 Å². The SMILES string of the molecule is CC1(C)SC(=S)N(NC(=O)Nc2ccccc2)[C@@H]1N(O)C(=O)Nc1cccc2ccccc12. The minimum atomic E-state index is -0.952. The van der Waals surface area contributed by atoms with Crippen molar-refractivity contribution < 1.29 is 14.8 Å². The van der Waals surface area contributed by atoms with Gasteiger partial charge < -0.3 is 10.6 Å². The van der Waals surface area contributed by atoms with Crippen LogP contribution in [-0.4, -0.2) is 42.6 Å². The van der Waals surface area contributed by atoms with Crippen molar-refractivity contribution in [1.29, 1.82) is 0 Å². The number of urea groups is 2. The number of anilines is 2. The molecular formula is C23H23N5O3S2. The number of thiocarbonyl (C=S) groups is 1. The largest absolute Gasteiger partial charge is 0.347 e. The Balaban J connectivity index is 1.53. The van der Waals surface area contributed by atoms with Crippen LogP contribution in [0.15, 0.2) is 72.8 Å². The zero-order chi connectivity index (χ0) is 23.6. The Morgan fingerprint density at radius 2 is 1.67 bits per heavy atom. The summed E-state index contributed by atoms with van der Waals surface area (Å²) in [6.07, 6.45) is -0.952. The summed E-state index contributed by atoms with van der Waals surface area (Å²) in [4.78, 5) is 25.6. The number of thioether (sulfide) groups is 1. The van der Waals surface area contributed by atoms with E-state index in [4.69, 9.17) is 12.2 Å². The van der Waals surface area contributed by atoms with Gasteiger partial charge in [-0.05, 0) is 37.4 Å². The van der Waals surface area contributed by atoms with Crippen LogP contribution >= 0.6 is 24.0 Å². The highest BCUT2D eigenvalue weighted by Gasteiger charge is 2.50.